The smallest absolute Gasteiger partial charge is 0.303 e. The van der Waals surface area contributed by atoms with Crippen LogP contribution < -0.4 is 0 Å². The fraction of sp³-hybridized carbons (Fsp3) is 0.700. The molecule has 1 aliphatic rings. The van der Waals surface area contributed by atoms with Crippen molar-refractivity contribution in [3.05, 3.63) is 12.2 Å². The Morgan fingerprint density at radius 1 is 1.38 bits per heavy atom. The van der Waals surface area contributed by atoms with Crippen molar-refractivity contribution in [1.29, 1.82) is 0 Å². The molecule has 2 unspecified atom stereocenters. The molecule has 1 rings (SSSR count). The number of allylic oxidation sites excluding steroid dienone is 1. The Morgan fingerprint density at radius 3 is 2.44 bits per heavy atom. The van der Waals surface area contributed by atoms with Crippen LogP contribution in [-0.4, -0.2) is 21.7 Å². The minimum absolute atomic E-state index is 0.154. The number of rotatable bonds is 4. The third-order valence-corrected chi connectivity index (χ3v) is 3.28. The van der Waals surface area contributed by atoms with Gasteiger partial charge in [-0.1, -0.05) is 19.4 Å². The summed E-state index contributed by atoms with van der Waals surface area (Å²) in [5.74, 6) is -0.614. The molecule has 1 fully saturated rings. The highest BCUT2D eigenvalue weighted by Gasteiger charge is 2.35. The summed E-state index contributed by atoms with van der Waals surface area (Å²) >= 11 is 0. The molecule has 2 N–H and O–H groups in total. The van der Waals surface area contributed by atoms with Gasteiger partial charge < -0.3 is 9.79 Å². The molecular formula is C10H17O5P. The van der Waals surface area contributed by atoms with E-state index in [0.29, 0.717) is 18.4 Å². The Morgan fingerprint density at radius 2 is 1.94 bits per heavy atom. The molecule has 0 bridgehead atoms. The van der Waals surface area contributed by atoms with Crippen molar-refractivity contribution in [3.8, 4) is 0 Å². The van der Waals surface area contributed by atoms with E-state index in [9.17, 15) is 9.36 Å². The lowest BCUT2D eigenvalue weighted by molar-refractivity contribution is -0.123. The Bertz CT molecular complexity index is 332. The summed E-state index contributed by atoms with van der Waals surface area (Å²) < 4.78 is 15.4. The van der Waals surface area contributed by atoms with Gasteiger partial charge in [-0.25, -0.2) is 4.57 Å². The highest BCUT2D eigenvalue weighted by molar-refractivity contribution is 7.46. The van der Waals surface area contributed by atoms with Gasteiger partial charge >= 0.3 is 7.82 Å². The molecule has 0 aliphatic heterocycles. The molecule has 5 nitrogen and oxygen atoms in total. The number of hydrogen-bond donors (Lipinski definition) is 2. The van der Waals surface area contributed by atoms with Crippen molar-refractivity contribution in [2.24, 2.45) is 5.92 Å². The molecule has 92 valence electrons. The number of carbonyl (C=O) groups is 1. The predicted molar refractivity (Wildman–Crippen MR) is 58.7 cm³/mol. The molecular weight excluding hydrogens is 231 g/mol. The van der Waals surface area contributed by atoms with Gasteiger partial charge in [0.15, 0.2) is 5.78 Å². The molecule has 0 heterocycles. The van der Waals surface area contributed by atoms with Crippen molar-refractivity contribution in [1.82, 2.24) is 0 Å². The summed E-state index contributed by atoms with van der Waals surface area (Å²) in [7, 11) is -4.52. The summed E-state index contributed by atoms with van der Waals surface area (Å²) in [5, 5.41) is 0. The molecule has 0 saturated heterocycles. The quantitative estimate of drug-likeness (QED) is 0.585. The van der Waals surface area contributed by atoms with Crippen LogP contribution in [0.25, 0.3) is 0 Å². The van der Waals surface area contributed by atoms with Crippen molar-refractivity contribution in [3.63, 3.8) is 0 Å². The maximum atomic E-state index is 11.8. The van der Waals surface area contributed by atoms with Gasteiger partial charge in [0.05, 0.1) is 6.10 Å². The zero-order chi connectivity index (χ0) is 12.3. The van der Waals surface area contributed by atoms with E-state index in [1.54, 1.807) is 6.92 Å². The Hall–Kier alpha value is -0.480. The van der Waals surface area contributed by atoms with E-state index in [1.165, 1.54) is 0 Å². The second-order valence-corrected chi connectivity index (χ2v) is 5.36. The lowest BCUT2D eigenvalue weighted by Gasteiger charge is -2.30. The normalized spacial score (nSPS) is 26.4. The van der Waals surface area contributed by atoms with Crippen LogP contribution in [0.4, 0.5) is 0 Å². The van der Waals surface area contributed by atoms with Gasteiger partial charge in [0.25, 0.3) is 0 Å². The first-order valence-corrected chi connectivity index (χ1v) is 6.78. The topological polar surface area (TPSA) is 83.8 Å². The molecule has 6 heteroatoms. The first-order valence-electron chi connectivity index (χ1n) is 5.25. The van der Waals surface area contributed by atoms with Gasteiger partial charge in [-0.2, -0.15) is 0 Å². The number of phosphoric acid groups is 1. The van der Waals surface area contributed by atoms with Crippen LogP contribution in [0, 0.1) is 5.92 Å². The zero-order valence-corrected chi connectivity index (χ0v) is 10.2. The van der Waals surface area contributed by atoms with Crippen LogP contribution in [0.15, 0.2) is 12.2 Å². The number of hydrogen-bond acceptors (Lipinski definition) is 3. The first-order chi connectivity index (χ1) is 7.31. The Balaban J connectivity index is 2.75. The number of carbonyl (C=O) groups excluding carboxylic acids is 1. The third-order valence-electron chi connectivity index (χ3n) is 2.73. The van der Waals surface area contributed by atoms with Crippen LogP contribution >= 0.6 is 7.82 Å². The lowest BCUT2D eigenvalue weighted by atomic mass is 9.82. The van der Waals surface area contributed by atoms with E-state index in [4.69, 9.17) is 9.79 Å². The van der Waals surface area contributed by atoms with E-state index < -0.39 is 19.8 Å². The summed E-state index contributed by atoms with van der Waals surface area (Å²) in [4.78, 5) is 29.3. The van der Waals surface area contributed by atoms with Crippen LogP contribution in [0.5, 0.6) is 0 Å². The maximum absolute atomic E-state index is 11.8. The van der Waals surface area contributed by atoms with Crippen molar-refractivity contribution < 1.29 is 23.7 Å². The molecule has 16 heavy (non-hydrogen) atoms. The highest BCUT2D eigenvalue weighted by Crippen LogP contribution is 2.43. The zero-order valence-electron chi connectivity index (χ0n) is 9.26. The van der Waals surface area contributed by atoms with Gasteiger partial charge in [-0.05, 0) is 25.3 Å². The molecule has 0 spiro atoms. The Kier molecular flexibility index (Phi) is 4.44. The van der Waals surface area contributed by atoms with Crippen LogP contribution in [-0.2, 0) is 13.9 Å². The number of ketones is 1. The van der Waals surface area contributed by atoms with Crippen molar-refractivity contribution >= 4 is 13.6 Å². The maximum Gasteiger partial charge on any atom is 0.469 e. The Labute approximate surface area is 94.7 Å². The average molecular weight is 248 g/mol. The van der Waals surface area contributed by atoms with E-state index in [1.807, 2.05) is 0 Å². The molecule has 0 radical (unpaired) electrons. The average Bonchev–Trinajstić information content (AvgIpc) is 2.15. The van der Waals surface area contributed by atoms with Gasteiger partial charge in [-0.3, -0.25) is 9.32 Å². The van der Waals surface area contributed by atoms with Gasteiger partial charge in [0, 0.05) is 5.92 Å². The van der Waals surface area contributed by atoms with Crippen LogP contribution in [0.2, 0.25) is 0 Å². The summed E-state index contributed by atoms with van der Waals surface area (Å²) in [6.07, 6.45) is 2.14. The highest BCUT2D eigenvalue weighted by atomic mass is 31.2. The van der Waals surface area contributed by atoms with Gasteiger partial charge in [-0.15, -0.1) is 0 Å². The SMILES string of the molecule is C=C(C)C(=O)C1CCCCC1OP(=O)(O)O. The first kappa shape index (κ1) is 13.6. The molecule has 1 saturated carbocycles. The molecule has 1 aliphatic carbocycles. The molecule has 2 atom stereocenters. The van der Waals surface area contributed by atoms with E-state index in [0.717, 1.165) is 12.8 Å². The summed E-state index contributed by atoms with van der Waals surface area (Å²) in [5.41, 5.74) is 0.409. The second-order valence-electron chi connectivity index (χ2n) is 4.17. The molecule has 0 amide bonds. The number of Topliss-reactive ketones (excluding diaryl/α,β-unsaturated/α-hetero) is 1. The van der Waals surface area contributed by atoms with Gasteiger partial charge in [0.2, 0.25) is 0 Å². The van der Waals surface area contributed by atoms with Gasteiger partial charge in [0.1, 0.15) is 0 Å². The van der Waals surface area contributed by atoms with Crippen molar-refractivity contribution in [2.45, 2.75) is 38.7 Å². The van der Waals surface area contributed by atoms with E-state index in [2.05, 4.69) is 11.1 Å². The fourth-order valence-electron chi connectivity index (χ4n) is 2.02. The van der Waals surface area contributed by atoms with E-state index in [-0.39, 0.29) is 5.78 Å². The van der Waals surface area contributed by atoms with E-state index >= 15 is 0 Å². The third kappa shape index (κ3) is 3.83. The lowest BCUT2D eigenvalue weighted by Crippen LogP contribution is -2.33. The minimum atomic E-state index is -4.52. The fourth-order valence-corrected chi connectivity index (χ4v) is 2.62. The molecule has 0 aromatic carbocycles. The molecule has 0 aromatic rings. The van der Waals surface area contributed by atoms with Crippen molar-refractivity contribution in [2.75, 3.05) is 0 Å². The van der Waals surface area contributed by atoms with Crippen LogP contribution in [0.3, 0.4) is 0 Å². The largest absolute Gasteiger partial charge is 0.469 e. The standard InChI is InChI=1S/C10H17O5P/c1-7(2)10(11)8-5-3-4-6-9(8)15-16(12,13)14/h8-9H,1,3-6H2,2H3,(H2,12,13,14). The monoisotopic (exact) mass is 248 g/mol. The molecule has 0 aromatic heterocycles. The predicted octanol–water partition coefficient (Wildman–Crippen LogP) is 1.80. The minimum Gasteiger partial charge on any atom is -0.303 e. The van der Waals surface area contributed by atoms with Crippen LogP contribution in [0.1, 0.15) is 32.6 Å². The summed E-state index contributed by atoms with van der Waals surface area (Å²) in [6.45, 7) is 5.16. The summed E-state index contributed by atoms with van der Waals surface area (Å²) in [6, 6.07) is 0. The number of phosphoric ester groups is 1. The second kappa shape index (κ2) is 5.23.